The van der Waals surface area contributed by atoms with Gasteiger partial charge in [-0.15, -0.1) is 10.2 Å². The summed E-state index contributed by atoms with van der Waals surface area (Å²) in [7, 11) is 0. The maximum absolute atomic E-state index is 12.0. The second-order valence-corrected chi connectivity index (χ2v) is 4.63. The molecule has 1 amide bonds. The first-order valence-corrected chi connectivity index (χ1v) is 6.75. The van der Waals surface area contributed by atoms with Gasteiger partial charge in [0.2, 0.25) is 5.82 Å². The number of amides is 1. The maximum Gasteiger partial charge on any atom is 0.326 e. The molecule has 0 radical (unpaired) electrons. The predicted molar refractivity (Wildman–Crippen MR) is 75.7 cm³/mol. The fourth-order valence-corrected chi connectivity index (χ4v) is 1.87. The zero-order chi connectivity index (χ0) is 15.2. The highest BCUT2D eigenvalue weighted by Crippen LogP contribution is 2.07. The van der Waals surface area contributed by atoms with Gasteiger partial charge >= 0.3 is 5.97 Å². The van der Waals surface area contributed by atoms with Crippen LogP contribution in [0, 0.1) is 0 Å². The summed E-state index contributed by atoms with van der Waals surface area (Å²) in [6.45, 7) is 1.96. The van der Waals surface area contributed by atoms with Gasteiger partial charge in [0, 0.05) is 0 Å². The lowest BCUT2D eigenvalue weighted by Gasteiger charge is -2.13. The summed E-state index contributed by atoms with van der Waals surface area (Å²) in [5, 5.41) is 19.2. The van der Waals surface area contributed by atoms with Gasteiger partial charge < -0.3 is 10.4 Å². The van der Waals surface area contributed by atoms with Crippen molar-refractivity contribution in [3.63, 3.8) is 0 Å². The van der Waals surface area contributed by atoms with Crippen LogP contribution in [0.1, 0.15) is 36.8 Å². The molecule has 21 heavy (non-hydrogen) atoms. The number of hydrogen-bond acceptors (Lipinski definition) is 5. The van der Waals surface area contributed by atoms with Crippen molar-refractivity contribution in [3.8, 4) is 0 Å². The van der Waals surface area contributed by atoms with Crippen molar-refractivity contribution in [3.05, 3.63) is 30.1 Å². The van der Waals surface area contributed by atoms with E-state index in [1.165, 1.54) is 0 Å². The van der Waals surface area contributed by atoms with Crippen molar-refractivity contribution in [1.82, 2.24) is 20.5 Å². The van der Waals surface area contributed by atoms with E-state index in [0.717, 1.165) is 6.42 Å². The molecule has 0 saturated heterocycles. The van der Waals surface area contributed by atoms with Gasteiger partial charge in [-0.3, -0.25) is 4.79 Å². The van der Waals surface area contributed by atoms with Gasteiger partial charge in [-0.1, -0.05) is 31.9 Å². The number of aromatic nitrogens is 3. The lowest BCUT2D eigenvalue weighted by molar-refractivity contribution is -0.139. The lowest BCUT2D eigenvalue weighted by atomic mass is 10.1. The topological polar surface area (TPSA) is 105 Å². The Morgan fingerprint density at radius 3 is 2.62 bits per heavy atom. The summed E-state index contributed by atoms with van der Waals surface area (Å²) in [5.74, 6) is -1.82. The highest BCUT2D eigenvalue weighted by Gasteiger charge is 2.21. The van der Waals surface area contributed by atoms with Crippen LogP contribution in [-0.4, -0.2) is 38.2 Å². The molecule has 0 aliphatic carbocycles. The molecule has 0 bridgehead atoms. The molecule has 110 valence electrons. The van der Waals surface area contributed by atoms with Crippen LogP contribution in [0.4, 0.5) is 0 Å². The van der Waals surface area contributed by atoms with Crippen LogP contribution in [0.15, 0.2) is 24.3 Å². The molecule has 0 spiro atoms. The molecule has 0 unspecified atom stereocenters. The molecule has 0 aliphatic heterocycles. The Balaban J connectivity index is 2.15. The number of carbonyl (C=O) groups is 2. The second kappa shape index (κ2) is 6.74. The number of fused-ring (bicyclic) bond motifs is 1. The van der Waals surface area contributed by atoms with Gasteiger partial charge in [-0.25, -0.2) is 9.78 Å². The van der Waals surface area contributed by atoms with Crippen LogP contribution in [0.3, 0.4) is 0 Å². The zero-order valence-corrected chi connectivity index (χ0v) is 11.6. The molecule has 1 aromatic carbocycles. The third-order valence-electron chi connectivity index (χ3n) is 3.01. The molecule has 7 nitrogen and oxygen atoms in total. The second-order valence-electron chi connectivity index (χ2n) is 4.63. The Hall–Kier alpha value is -2.57. The summed E-state index contributed by atoms with van der Waals surface area (Å²) >= 11 is 0. The van der Waals surface area contributed by atoms with Crippen LogP contribution in [-0.2, 0) is 4.79 Å². The summed E-state index contributed by atoms with van der Waals surface area (Å²) in [6.07, 6.45) is 1.94. The predicted octanol–water partition coefficient (Wildman–Crippen LogP) is 1.40. The van der Waals surface area contributed by atoms with E-state index in [2.05, 4.69) is 20.5 Å². The van der Waals surface area contributed by atoms with Gasteiger partial charge in [0.25, 0.3) is 5.91 Å². The van der Waals surface area contributed by atoms with E-state index in [1.807, 2.05) is 6.92 Å². The molecule has 0 aliphatic rings. The van der Waals surface area contributed by atoms with Crippen molar-refractivity contribution in [2.24, 2.45) is 0 Å². The van der Waals surface area contributed by atoms with Gasteiger partial charge in [0.15, 0.2) is 0 Å². The summed E-state index contributed by atoms with van der Waals surface area (Å²) in [5.41, 5.74) is 1.12. The Bertz CT molecular complexity index is 659. The van der Waals surface area contributed by atoms with Gasteiger partial charge in [0.05, 0.1) is 5.52 Å². The van der Waals surface area contributed by atoms with Crippen molar-refractivity contribution in [2.75, 3.05) is 0 Å². The van der Waals surface area contributed by atoms with Crippen molar-refractivity contribution < 1.29 is 14.7 Å². The smallest absolute Gasteiger partial charge is 0.326 e. The summed E-state index contributed by atoms with van der Waals surface area (Å²) in [6, 6.07) is 6.08. The van der Waals surface area contributed by atoms with Crippen LogP contribution in [0.2, 0.25) is 0 Å². The summed E-state index contributed by atoms with van der Waals surface area (Å²) < 4.78 is 0. The van der Waals surface area contributed by atoms with E-state index in [0.29, 0.717) is 23.9 Å². The monoisotopic (exact) mass is 288 g/mol. The Morgan fingerprint density at radius 1 is 1.24 bits per heavy atom. The SMILES string of the molecule is CCCC[C@H](NC(=O)c1nnc2ccccc2n1)C(=O)O. The quantitative estimate of drug-likeness (QED) is 0.832. The van der Waals surface area contributed by atoms with Crippen molar-refractivity contribution >= 4 is 22.9 Å². The van der Waals surface area contributed by atoms with Gasteiger partial charge in [-0.05, 0) is 18.6 Å². The maximum atomic E-state index is 12.0. The number of rotatable bonds is 6. The first kappa shape index (κ1) is 14.8. The van der Waals surface area contributed by atoms with Crippen LogP contribution in [0.5, 0.6) is 0 Å². The molecular formula is C14H16N4O3. The molecule has 2 aromatic rings. The fourth-order valence-electron chi connectivity index (χ4n) is 1.87. The number of hydrogen-bond donors (Lipinski definition) is 2. The Kier molecular flexibility index (Phi) is 4.76. The highest BCUT2D eigenvalue weighted by atomic mass is 16.4. The number of nitrogens with one attached hydrogen (secondary N) is 1. The third-order valence-corrected chi connectivity index (χ3v) is 3.01. The molecular weight excluding hydrogens is 272 g/mol. The van der Waals surface area contributed by atoms with E-state index < -0.39 is 17.9 Å². The zero-order valence-electron chi connectivity index (χ0n) is 11.6. The number of carboxylic acid groups (broad SMARTS) is 1. The fraction of sp³-hybridized carbons (Fsp3) is 0.357. The van der Waals surface area contributed by atoms with Crippen molar-refractivity contribution in [2.45, 2.75) is 32.2 Å². The van der Waals surface area contributed by atoms with E-state index in [1.54, 1.807) is 24.3 Å². The Labute approximate surface area is 121 Å². The molecule has 2 N–H and O–H groups in total. The van der Waals surface area contributed by atoms with Crippen LogP contribution >= 0.6 is 0 Å². The minimum atomic E-state index is -1.06. The number of benzene rings is 1. The molecule has 0 fully saturated rings. The average Bonchev–Trinajstić information content (AvgIpc) is 2.50. The summed E-state index contributed by atoms with van der Waals surface area (Å²) in [4.78, 5) is 27.2. The number of nitrogens with zero attached hydrogens (tertiary/aromatic N) is 3. The van der Waals surface area contributed by atoms with E-state index in [-0.39, 0.29) is 5.82 Å². The van der Waals surface area contributed by atoms with Gasteiger partial charge in [0.1, 0.15) is 11.6 Å². The highest BCUT2D eigenvalue weighted by molar-refractivity contribution is 5.94. The molecule has 2 rings (SSSR count). The van der Waals surface area contributed by atoms with E-state index in [4.69, 9.17) is 5.11 Å². The first-order valence-electron chi connectivity index (χ1n) is 6.75. The first-order chi connectivity index (χ1) is 10.1. The molecule has 1 aromatic heterocycles. The number of unbranched alkanes of at least 4 members (excludes halogenated alkanes) is 1. The number of carbonyl (C=O) groups excluding carboxylic acids is 1. The number of para-hydroxylation sites is 1. The largest absolute Gasteiger partial charge is 0.480 e. The third kappa shape index (κ3) is 3.71. The van der Waals surface area contributed by atoms with Crippen LogP contribution < -0.4 is 5.32 Å². The van der Waals surface area contributed by atoms with E-state index >= 15 is 0 Å². The number of carboxylic acids is 1. The minimum absolute atomic E-state index is 0.128. The molecule has 0 saturated carbocycles. The molecule has 7 heteroatoms. The van der Waals surface area contributed by atoms with E-state index in [9.17, 15) is 9.59 Å². The van der Waals surface area contributed by atoms with Gasteiger partial charge in [-0.2, -0.15) is 0 Å². The molecule has 1 heterocycles. The normalized spacial score (nSPS) is 12.0. The molecule has 1 atom stereocenters. The Morgan fingerprint density at radius 2 is 1.95 bits per heavy atom. The minimum Gasteiger partial charge on any atom is -0.480 e. The number of aliphatic carboxylic acids is 1. The lowest BCUT2D eigenvalue weighted by Crippen LogP contribution is -2.41. The van der Waals surface area contributed by atoms with Crippen molar-refractivity contribution in [1.29, 1.82) is 0 Å². The van der Waals surface area contributed by atoms with Crippen LogP contribution in [0.25, 0.3) is 11.0 Å². The average molecular weight is 288 g/mol. The standard InChI is InChI=1S/C14H16N4O3/c1-2-3-6-11(14(20)21)16-13(19)12-15-9-7-4-5-8-10(9)17-18-12/h4-5,7-8,11H,2-3,6H2,1H3,(H,16,19)(H,20,21)/t11-/m0/s1.